The standard InChI is InChI=1S/C7H16ClN2/c1-9-3-5-10(2,7-8)6-4-9/h3-7H2,1-2H3/q+1. The molecule has 0 spiro atoms. The molecule has 1 aliphatic heterocycles. The average Bonchev–Trinajstić information content (AvgIpc) is 1.96. The zero-order valence-corrected chi connectivity index (χ0v) is 7.56. The molecule has 0 amide bonds. The van der Waals surface area contributed by atoms with Gasteiger partial charge in [-0.2, -0.15) is 0 Å². The maximum Gasteiger partial charge on any atom is 0.154 e. The van der Waals surface area contributed by atoms with Crippen molar-refractivity contribution in [3.8, 4) is 0 Å². The fraction of sp³-hybridized carbons (Fsp3) is 1.00. The van der Waals surface area contributed by atoms with Crippen molar-refractivity contribution < 1.29 is 4.48 Å². The minimum Gasteiger partial charge on any atom is -0.311 e. The lowest BCUT2D eigenvalue weighted by atomic mass is 10.3. The number of rotatable bonds is 1. The van der Waals surface area contributed by atoms with E-state index in [1.165, 1.54) is 26.2 Å². The van der Waals surface area contributed by atoms with Crippen molar-refractivity contribution in [3.63, 3.8) is 0 Å². The Balaban J connectivity index is 2.38. The van der Waals surface area contributed by atoms with Gasteiger partial charge in [0.2, 0.25) is 0 Å². The van der Waals surface area contributed by atoms with Crippen LogP contribution in [0.4, 0.5) is 0 Å². The van der Waals surface area contributed by atoms with Crippen LogP contribution in [0.5, 0.6) is 0 Å². The summed E-state index contributed by atoms with van der Waals surface area (Å²) in [7, 11) is 4.39. The van der Waals surface area contributed by atoms with Gasteiger partial charge in [0.05, 0.1) is 20.1 Å². The van der Waals surface area contributed by atoms with Crippen molar-refractivity contribution in [2.45, 2.75) is 0 Å². The first-order valence-corrected chi connectivity index (χ1v) is 4.28. The minimum atomic E-state index is 0.758. The first-order valence-electron chi connectivity index (χ1n) is 3.74. The summed E-state index contributed by atoms with van der Waals surface area (Å²) in [6, 6.07) is 0.758. The molecule has 1 saturated heterocycles. The fourth-order valence-corrected chi connectivity index (χ4v) is 1.41. The molecule has 10 heavy (non-hydrogen) atoms. The predicted molar refractivity (Wildman–Crippen MR) is 44.1 cm³/mol. The summed E-state index contributed by atoms with van der Waals surface area (Å²) in [5, 5.41) is 0. The highest BCUT2D eigenvalue weighted by molar-refractivity contribution is 6.16. The van der Waals surface area contributed by atoms with E-state index < -0.39 is 0 Å². The van der Waals surface area contributed by atoms with Crippen molar-refractivity contribution in [1.82, 2.24) is 4.90 Å². The summed E-state index contributed by atoms with van der Waals surface area (Å²) < 4.78 is 1.03. The summed E-state index contributed by atoms with van der Waals surface area (Å²) in [6.45, 7) is 4.76. The molecule has 0 saturated carbocycles. The van der Waals surface area contributed by atoms with Gasteiger partial charge in [-0.25, -0.2) is 0 Å². The van der Waals surface area contributed by atoms with Crippen LogP contribution in [0.15, 0.2) is 0 Å². The van der Waals surface area contributed by atoms with Crippen LogP contribution in [0.2, 0.25) is 0 Å². The first kappa shape index (κ1) is 8.31. The molecule has 0 bridgehead atoms. The van der Waals surface area contributed by atoms with Crippen molar-refractivity contribution in [2.75, 3.05) is 46.3 Å². The van der Waals surface area contributed by atoms with Gasteiger partial charge in [-0.3, -0.25) is 4.90 Å². The van der Waals surface area contributed by atoms with Crippen LogP contribution in [0.3, 0.4) is 0 Å². The average molecular weight is 164 g/mol. The summed E-state index contributed by atoms with van der Waals surface area (Å²) in [5.41, 5.74) is 0. The van der Waals surface area contributed by atoms with E-state index in [2.05, 4.69) is 19.0 Å². The fourth-order valence-electron chi connectivity index (χ4n) is 1.17. The SMILES string of the molecule is CN1CC[N+](C)(CCl)CC1. The molecule has 0 unspecified atom stereocenters. The highest BCUT2D eigenvalue weighted by Crippen LogP contribution is 2.09. The van der Waals surface area contributed by atoms with E-state index in [0.717, 1.165) is 10.5 Å². The van der Waals surface area contributed by atoms with Gasteiger partial charge >= 0.3 is 0 Å². The number of nitrogens with zero attached hydrogens (tertiary/aromatic N) is 2. The van der Waals surface area contributed by atoms with Gasteiger partial charge in [0.25, 0.3) is 0 Å². The maximum atomic E-state index is 5.82. The highest BCUT2D eigenvalue weighted by atomic mass is 35.5. The van der Waals surface area contributed by atoms with Gasteiger partial charge < -0.3 is 4.48 Å². The van der Waals surface area contributed by atoms with Crippen LogP contribution in [0, 0.1) is 0 Å². The molecule has 0 aromatic heterocycles. The van der Waals surface area contributed by atoms with E-state index in [1.54, 1.807) is 0 Å². The molecule has 0 aliphatic carbocycles. The number of hydrogen-bond acceptors (Lipinski definition) is 1. The Kier molecular flexibility index (Phi) is 2.55. The van der Waals surface area contributed by atoms with E-state index in [1.807, 2.05) is 0 Å². The number of likely N-dealkylation sites (N-methyl/N-ethyl adjacent to an activating group) is 2. The number of piperazine rings is 1. The van der Waals surface area contributed by atoms with Crippen LogP contribution in [0.1, 0.15) is 0 Å². The van der Waals surface area contributed by atoms with E-state index >= 15 is 0 Å². The highest BCUT2D eigenvalue weighted by Gasteiger charge is 2.25. The molecule has 0 N–H and O–H groups in total. The van der Waals surface area contributed by atoms with E-state index in [-0.39, 0.29) is 0 Å². The summed E-state index contributed by atoms with van der Waals surface area (Å²) in [4.78, 5) is 2.35. The van der Waals surface area contributed by atoms with Gasteiger partial charge in [0.15, 0.2) is 6.00 Å². The molecule has 1 rings (SSSR count). The topological polar surface area (TPSA) is 3.24 Å². The van der Waals surface area contributed by atoms with Crippen LogP contribution < -0.4 is 0 Å². The van der Waals surface area contributed by atoms with Gasteiger partial charge in [-0.05, 0) is 7.05 Å². The molecule has 1 heterocycles. The largest absolute Gasteiger partial charge is 0.311 e. The number of halogens is 1. The molecule has 0 radical (unpaired) electrons. The van der Waals surface area contributed by atoms with Crippen LogP contribution in [-0.4, -0.2) is 55.7 Å². The smallest absolute Gasteiger partial charge is 0.154 e. The second-order valence-electron chi connectivity index (χ2n) is 3.49. The molecule has 2 nitrogen and oxygen atoms in total. The Morgan fingerprint density at radius 1 is 1.40 bits per heavy atom. The lowest BCUT2D eigenvalue weighted by Crippen LogP contribution is -2.55. The Hall–Kier alpha value is 0.210. The predicted octanol–water partition coefficient (Wildman–Crippen LogP) is 0.575. The first-order chi connectivity index (χ1) is 4.66. The van der Waals surface area contributed by atoms with Crippen LogP contribution in [-0.2, 0) is 0 Å². The zero-order chi connectivity index (χ0) is 7.61. The molecule has 60 valence electrons. The second-order valence-corrected chi connectivity index (χ2v) is 3.73. The van der Waals surface area contributed by atoms with E-state index in [0.29, 0.717) is 0 Å². The van der Waals surface area contributed by atoms with E-state index in [4.69, 9.17) is 11.6 Å². The number of quaternary nitrogens is 1. The van der Waals surface area contributed by atoms with Crippen LogP contribution >= 0.6 is 11.6 Å². The Bertz CT molecular complexity index is 108. The minimum absolute atomic E-state index is 0.758. The number of hydrogen-bond donors (Lipinski definition) is 0. The molecule has 0 aromatic carbocycles. The molecule has 0 atom stereocenters. The monoisotopic (exact) mass is 163 g/mol. The normalized spacial score (nSPS) is 26.7. The van der Waals surface area contributed by atoms with Crippen molar-refractivity contribution >= 4 is 11.6 Å². The summed E-state index contributed by atoms with van der Waals surface area (Å²) >= 11 is 5.82. The third kappa shape index (κ3) is 1.84. The van der Waals surface area contributed by atoms with Crippen molar-refractivity contribution in [2.24, 2.45) is 0 Å². The van der Waals surface area contributed by atoms with Crippen molar-refractivity contribution in [3.05, 3.63) is 0 Å². The third-order valence-corrected chi connectivity index (χ3v) is 2.91. The summed E-state index contributed by atoms with van der Waals surface area (Å²) in [5.74, 6) is 0. The van der Waals surface area contributed by atoms with Crippen molar-refractivity contribution in [1.29, 1.82) is 0 Å². The van der Waals surface area contributed by atoms with Gasteiger partial charge in [-0.15, -0.1) is 0 Å². The lowest BCUT2D eigenvalue weighted by Gasteiger charge is -2.39. The molecule has 1 fully saturated rings. The molecule has 1 aliphatic rings. The van der Waals surface area contributed by atoms with Crippen LogP contribution in [0.25, 0.3) is 0 Å². The van der Waals surface area contributed by atoms with Gasteiger partial charge in [0, 0.05) is 13.1 Å². The third-order valence-electron chi connectivity index (χ3n) is 2.33. The number of alkyl halides is 1. The molecule has 3 heteroatoms. The lowest BCUT2D eigenvalue weighted by molar-refractivity contribution is -0.902. The Labute approximate surface area is 68.0 Å². The summed E-state index contributed by atoms with van der Waals surface area (Å²) in [6.07, 6.45) is 0. The second kappa shape index (κ2) is 3.07. The quantitative estimate of drug-likeness (QED) is 0.311. The maximum absolute atomic E-state index is 5.82. The zero-order valence-electron chi connectivity index (χ0n) is 6.81. The Morgan fingerprint density at radius 2 is 1.90 bits per heavy atom. The molecule has 0 aromatic rings. The Morgan fingerprint density at radius 3 is 2.30 bits per heavy atom. The van der Waals surface area contributed by atoms with E-state index in [9.17, 15) is 0 Å². The molecular formula is C7H16ClN2+. The van der Waals surface area contributed by atoms with Gasteiger partial charge in [0.1, 0.15) is 0 Å². The molecular weight excluding hydrogens is 148 g/mol. The van der Waals surface area contributed by atoms with Gasteiger partial charge in [-0.1, -0.05) is 11.6 Å².